The SMILES string of the molecule is N[C@@H]1C[C@H]2CCC[C@@]2(C(=O)N2CCc3ncc(C(F)F)cc3C2)C1. The second-order valence-electron chi connectivity index (χ2n) is 7.60. The van der Waals surface area contributed by atoms with E-state index in [9.17, 15) is 13.6 Å². The minimum atomic E-state index is -2.53. The van der Waals surface area contributed by atoms with Crippen LogP contribution in [-0.4, -0.2) is 28.4 Å². The number of rotatable bonds is 2. The number of carbonyl (C=O) groups is 1. The smallest absolute Gasteiger partial charge is 0.265 e. The van der Waals surface area contributed by atoms with Crippen molar-refractivity contribution in [1.29, 1.82) is 0 Å². The molecular weight excluding hydrogens is 312 g/mol. The predicted octanol–water partition coefficient (Wildman–Crippen LogP) is 2.81. The van der Waals surface area contributed by atoms with Gasteiger partial charge < -0.3 is 10.6 Å². The molecule has 0 bridgehead atoms. The number of nitrogens with zero attached hydrogens (tertiary/aromatic N) is 2. The van der Waals surface area contributed by atoms with Crippen molar-refractivity contribution in [1.82, 2.24) is 9.88 Å². The summed E-state index contributed by atoms with van der Waals surface area (Å²) in [6.45, 7) is 1.02. The standard InChI is InChI=1S/C18H23F2N3O/c19-16(20)11-6-12-10-23(5-3-15(12)22-9-11)17(24)18-4-1-2-13(18)7-14(21)8-18/h6,9,13-14,16H,1-5,7-8,10,21H2/t13-,14-,18-/m1/s1. The van der Waals surface area contributed by atoms with Gasteiger partial charge in [-0.25, -0.2) is 8.78 Å². The van der Waals surface area contributed by atoms with Crippen LogP contribution in [0, 0.1) is 11.3 Å². The zero-order valence-electron chi connectivity index (χ0n) is 13.7. The third kappa shape index (κ3) is 2.42. The quantitative estimate of drug-likeness (QED) is 0.904. The van der Waals surface area contributed by atoms with E-state index in [0.29, 0.717) is 25.4 Å². The van der Waals surface area contributed by atoms with Crippen LogP contribution >= 0.6 is 0 Å². The highest BCUT2D eigenvalue weighted by molar-refractivity contribution is 5.84. The van der Waals surface area contributed by atoms with Crippen molar-refractivity contribution in [3.63, 3.8) is 0 Å². The Labute approximate surface area is 140 Å². The fourth-order valence-corrected chi connectivity index (χ4v) is 5.09. The maximum absolute atomic E-state index is 13.3. The van der Waals surface area contributed by atoms with Crippen LogP contribution in [-0.2, 0) is 17.8 Å². The average Bonchev–Trinajstić information content (AvgIpc) is 3.09. The van der Waals surface area contributed by atoms with Crippen molar-refractivity contribution in [2.75, 3.05) is 6.54 Å². The molecule has 0 spiro atoms. The normalized spacial score (nSPS) is 32.1. The van der Waals surface area contributed by atoms with Gasteiger partial charge in [0.05, 0.1) is 5.41 Å². The second-order valence-corrected chi connectivity index (χ2v) is 7.60. The summed E-state index contributed by atoms with van der Waals surface area (Å²) in [6.07, 6.45) is 4.16. The zero-order valence-corrected chi connectivity index (χ0v) is 13.7. The lowest BCUT2D eigenvalue weighted by atomic mass is 9.78. The van der Waals surface area contributed by atoms with Crippen molar-refractivity contribution in [2.45, 2.75) is 57.5 Å². The van der Waals surface area contributed by atoms with Crippen LogP contribution in [0.4, 0.5) is 8.78 Å². The zero-order chi connectivity index (χ0) is 16.9. The van der Waals surface area contributed by atoms with Gasteiger partial charge in [-0.05, 0) is 43.2 Å². The summed E-state index contributed by atoms with van der Waals surface area (Å²) in [5.41, 5.74) is 7.38. The lowest BCUT2D eigenvalue weighted by Crippen LogP contribution is -2.46. The van der Waals surface area contributed by atoms with Crippen molar-refractivity contribution in [2.24, 2.45) is 17.1 Å². The highest BCUT2D eigenvalue weighted by atomic mass is 19.3. The first-order valence-electron chi connectivity index (χ1n) is 8.80. The number of aromatic nitrogens is 1. The number of halogens is 2. The van der Waals surface area contributed by atoms with Gasteiger partial charge in [-0.2, -0.15) is 0 Å². The van der Waals surface area contributed by atoms with E-state index in [1.54, 1.807) is 0 Å². The van der Waals surface area contributed by atoms with E-state index < -0.39 is 6.43 Å². The minimum Gasteiger partial charge on any atom is -0.337 e. The molecule has 2 saturated carbocycles. The van der Waals surface area contributed by atoms with Gasteiger partial charge >= 0.3 is 0 Å². The monoisotopic (exact) mass is 335 g/mol. The van der Waals surface area contributed by atoms with Crippen LogP contribution in [0.1, 0.15) is 55.4 Å². The number of amides is 1. The maximum atomic E-state index is 13.3. The van der Waals surface area contributed by atoms with E-state index in [4.69, 9.17) is 5.73 Å². The number of carbonyl (C=O) groups excluding carboxylic acids is 1. The van der Waals surface area contributed by atoms with Crippen molar-refractivity contribution in [3.05, 3.63) is 29.1 Å². The first-order chi connectivity index (χ1) is 11.5. The summed E-state index contributed by atoms with van der Waals surface area (Å²) >= 11 is 0. The summed E-state index contributed by atoms with van der Waals surface area (Å²) in [7, 11) is 0. The predicted molar refractivity (Wildman–Crippen MR) is 85.3 cm³/mol. The van der Waals surface area contributed by atoms with Crippen LogP contribution in [0.3, 0.4) is 0 Å². The summed E-state index contributed by atoms with van der Waals surface area (Å²) in [6, 6.07) is 1.62. The number of nitrogens with two attached hydrogens (primary N) is 1. The molecule has 4 nitrogen and oxygen atoms in total. The number of pyridine rings is 1. The number of hydrogen-bond acceptors (Lipinski definition) is 3. The average molecular weight is 335 g/mol. The minimum absolute atomic E-state index is 0.0668. The first kappa shape index (κ1) is 15.9. The molecule has 0 aromatic carbocycles. The van der Waals surface area contributed by atoms with E-state index in [1.807, 2.05) is 4.90 Å². The van der Waals surface area contributed by atoms with Gasteiger partial charge in [-0.15, -0.1) is 0 Å². The molecule has 0 unspecified atom stereocenters. The molecule has 130 valence electrons. The Balaban J connectivity index is 1.58. The topological polar surface area (TPSA) is 59.2 Å². The van der Waals surface area contributed by atoms with Gasteiger partial charge in [0.1, 0.15) is 0 Å². The van der Waals surface area contributed by atoms with Gasteiger partial charge in [0, 0.05) is 43.0 Å². The van der Waals surface area contributed by atoms with Crippen LogP contribution in [0.25, 0.3) is 0 Å². The molecular formula is C18H23F2N3O. The second kappa shape index (κ2) is 5.76. The lowest BCUT2D eigenvalue weighted by molar-refractivity contribution is -0.144. The van der Waals surface area contributed by atoms with Gasteiger partial charge in [0.25, 0.3) is 6.43 Å². The van der Waals surface area contributed by atoms with Crippen LogP contribution in [0.5, 0.6) is 0 Å². The van der Waals surface area contributed by atoms with E-state index in [1.165, 1.54) is 12.3 Å². The largest absolute Gasteiger partial charge is 0.337 e. The third-order valence-corrected chi connectivity index (χ3v) is 6.20. The Morgan fingerprint density at radius 3 is 3.08 bits per heavy atom. The molecule has 6 heteroatoms. The molecule has 0 radical (unpaired) electrons. The molecule has 2 N–H and O–H groups in total. The van der Waals surface area contributed by atoms with Crippen LogP contribution < -0.4 is 5.73 Å². The van der Waals surface area contributed by atoms with Gasteiger partial charge in [0.2, 0.25) is 5.91 Å². The van der Waals surface area contributed by atoms with Crippen molar-refractivity contribution >= 4 is 5.91 Å². The molecule has 4 rings (SSSR count). The molecule has 3 atom stereocenters. The number of fused-ring (bicyclic) bond motifs is 2. The molecule has 3 aliphatic rings. The first-order valence-corrected chi connectivity index (χ1v) is 8.80. The lowest BCUT2D eigenvalue weighted by Gasteiger charge is -2.37. The summed E-state index contributed by atoms with van der Waals surface area (Å²) < 4.78 is 25.8. The fraction of sp³-hybridized carbons (Fsp3) is 0.667. The van der Waals surface area contributed by atoms with Crippen molar-refractivity contribution < 1.29 is 13.6 Å². The Kier molecular flexibility index (Phi) is 3.82. The van der Waals surface area contributed by atoms with Gasteiger partial charge in [0.15, 0.2) is 0 Å². The maximum Gasteiger partial charge on any atom is 0.265 e. The van der Waals surface area contributed by atoms with E-state index in [-0.39, 0.29) is 22.9 Å². The molecule has 1 amide bonds. The summed E-state index contributed by atoms with van der Waals surface area (Å²) in [4.78, 5) is 19.3. The molecule has 24 heavy (non-hydrogen) atoms. The molecule has 2 aliphatic carbocycles. The van der Waals surface area contributed by atoms with Gasteiger partial charge in [-0.3, -0.25) is 9.78 Å². The molecule has 2 fully saturated rings. The van der Waals surface area contributed by atoms with E-state index >= 15 is 0 Å². The van der Waals surface area contributed by atoms with Crippen LogP contribution in [0.2, 0.25) is 0 Å². The fourth-order valence-electron chi connectivity index (χ4n) is 5.09. The molecule has 1 aromatic rings. The Morgan fingerprint density at radius 1 is 1.46 bits per heavy atom. The number of hydrogen-bond donors (Lipinski definition) is 1. The van der Waals surface area contributed by atoms with E-state index in [0.717, 1.165) is 43.4 Å². The highest BCUT2D eigenvalue weighted by Crippen LogP contribution is 2.55. The van der Waals surface area contributed by atoms with Crippen molar-refractivity contribution in [3.8, 4) is 0 Å². The molecule has 0 saturated heterocycles. The van der Waals surface area contributed by atoms with Crippen LogP contribution in [0.15, 0.2) is 12.3 Å². The summed E-state index contributed by atoms with van der Waals surface area (Å²) in [5.74, 6) is 0.581. The highest BCUT2D eigenvalue weighted by Gasteiger charge is 2.55. The Morgan fingerprint density at radius 2 is 2.29 bits per heavy atom. The summed E-state index contributed by atoms with van der Waals surface area (Å²) in [5, 5.41) is 0. The molecule has 1 aromatic heterocycles. The molecule has 2 heterocycles. The Bertz CT molecular complexity index is 666. The third-order valence-electron chi connectivity index (χ3n) is 6.20. The van der Waals surface area contributed by atoms with E-state index in [2.05, 4.69) is 4.98 Å². The van der Waals surface area contributed by atoms with Gasteiger partial charge in [-0.1, -0.05) is 6.42 Å². The molecule has 1 aliphatic heterocycles. The number of alkyl halides is 2. The Hall–Kier alpha value is -1.56.